The molecule has 0 N–H and O–H groups in total. The molecule has 0 fully saturated rings. The molecule has 0 saturated heterocycles. The molecule has 5 heteroatoms. The summed E-state index contributed by atoms with van der Waals surface area (Å²) in [5, 5.41) is 0.648. The number of rotatable bonds is 4. The first-order valence-electron chi connectivity index (χ1n) is 4.20. The molecule has 0 unspecified atom stereocenters. The van der Waals surface area contributed by atoms with Crippen molar-refractivity contribution >= 4 is 31.3 Å². The van der Waals surface area contributed by atoms with Gasteiger partial charge in [-0.2, -0.15) is 0 Å². The molecule has 82 valence electrons. The van der Waals surface area contributed by atoms with Gasteiger partial charge in [-0.05, 0) is 24.1 Å². The fraction of sp³-hybridized carbons (Fsp3) is 0.200. The highest BCUT2D eigenvalue weighted by Gasteiger charge is 2.08. The fourth-order valence-corrected chi connectivity index (χ4v) is 2.36. The third-order valence-electron chi connectivity index (χ3n) is 1.74. The Morgan fingerprint density at radius 2 is 1.80 bits per heavy atom. The Kier molecular flexibility index (Phi) is 4.20. The van der Waals surface area contributed by atoms with Crippen LogP contribution < -0.4 is 0 Å². The lowest BCUT2D eigenvalue weighted by atomic mass is 10.1. The van der Waals surface area contributed by atoms with Gasteiger partial charge in [0.15, 0.2) is 0 Å². The molecule has 0 spiro atoms. The topological polar surface area (TPSA) is 34.1 Å². The predicted octanol–water partition coefficient (Wildman–Crippen LogP) is 3.01. The molecule has 1 rings (SSSR count). The summed E-state index contributed by atoms with van der Waals surface area (Å²) in [7, 11) is 1.60. The summed E-state index contributed by atoms with van der Waals surface area (Å²) in [6, 6.07) is 7.15. The highest BCUT2D eigenvalue weighted by Crippen LogP contribution is 2.14. The zero-order valence-electron chi connectivity index (χ0n) is 7.91. The number of halogens is 2. The van der Waals surface area contributed by atoms with Gasteiger partial charge in [-0.1, -0.05) is 35.9 Å². The molecule has 0 aliphatic carbocycles. The van der Waals surface area contributed by atoms with E-state index in [2.05, 4.69) is 6.58 Å². The van der Waals surface area contributed by atoms with E-state index in [1.165, 1.54) is 0 Å². The Morgan fingerprint density at radius 3 is 2.27 bits per heavy atom. The summed E-state index contributed by atoms with van der Waals surface area (Å²) in [6.07, 6.45) is 0.489. The summed E-state index contributed by atoms with van der Waals surface area (Å²) < 4.78 is 21.5. The predicted molar refractivity (Wildman–Crippen MR) is 63.9 cm³/mol. The second-order valence-electron chi connectivity index (χ2n) is 3.24. The zero-order valence-corrected chi connectivity index (χ0v) is 10.2. The SMILES string of the molecule is C=C(Cc1ccc(Cl)cc1)CS(=O)(=O)Cl. The Labute approximate surface area is 98.9 Å². The lowest BCUT2D eigenvalue weighted by Gasteiger charge is -2.03. The third-order valence-corrected chi connectivity index (χ3v) is 3.08. The van der Waals surface area contributed by atoms with Gasteiger partial charge in [0.05, 0.1) is 5.75 Å². The molecule has 0 aromatic heterocycles. The lowest BCUT2D eigenvalue weighted by Crippen LogP contribution is -2.02. The maximum Gasteiger partial charge on any atom is 0.236 e. The van der Waals surface area contributed by atoms with Crippen molar-refractivity contribution in [2.24, 2.45) is 0 Å². The average molecular weight is 265 g/mol. The van der Waals surface area contributed by atoms with E-state index in [9.17, 15) is 8.42 Å². The molecule has 0 atom stereocenters. The van der Waals surface area contributed by atoms with Crippen LogP contribution in [0.5, 0.6) is 0 Å². The molecule has 0 amide bonds. The van der Waals surface area contributed by atoms with Crippen LogP contribution in [0.25, 0.3) is 0 Å². The van der Waals surface area contributed by atoms with Crippen LogP contribution in [0.15, 0.2) is 36.4 Å². The molecule has 0 aliphatic heterocycles. The minimum absolute atomic E-state index is 0.197. The number of hydrogen-bond acceptors (Lipinski definition) is 2. The largest absolute Gasteiger partial charge is 0.236 e. The molecule has 0 saturated carbocycles. The third kappa shape index (κ3) is 5.21. The zero-order chi connectivity index (χ0) is 11.5. The van der Waals surface area contributed by atoms with Crippen molar-refractivity contribution in [3.05, 3.63) is 47.0 Å². The Balaban J connectivity index is 2.63. The normalized spacial score (nSPS) is 11.3. The van der Waals surface area contributed by atoms with Gasteiger partial charge in [0.2, 0.25) is 9.05 Å². The van der Waals surface area contributed by atoms with Crippen LogP contribution in [0.4, 0.5) is 0 Å². The first kappa shape index (κ1) is 12.6. The molecule has 0 bridgehead atoms. The Bertz CT molecular complexity index is 449. The summed E-state index contributed by atoms with van der Waals surface area (Å²) >= 11 is 5.72. The molecule has 0 aliphatic rings. The smallest absolute Gasteiger partial charge is 0.212 e. The van der Waals surface area contributed by atoms with Crippen molar-refractivity contribution in [2.75, 3.05) is 5.75 Å². The average Bonchev–Trinajstić information content (AvgIpc) is 2.05. The Morgan fingerprint density at radius 1 is 1.27 bits per heavy atom. The van der Waals surface area contributed by atoms with Gasteiger partial charge in [-0.3, -0.25) is 0 Å². The maximum absolute atomic E-state index is 10.8. The van der Waals surface area contributed by atoms with Crippen LogP contribution in [-0.2, 0) is 15.5 Å². The van der Waals surface area contributed by atoms with E-state index in [1.54, 1.807) is 12.1 Å². The van der Waals surface area contributed by atoms with E-state index >= 15 is 0 Å². The van der Waals surface area contributed by atoms with Crippen LogP contribution in [0.1, 0.15) is 5.56 Å². The second-order valence-corrected chi connectivity index (χ2v) is 6.45. The van der Waals surface area contributed by atoms with E-state index in [4.69, 9.17) is 22.3 Å². The summed E-state index contributed by atoms with van der Waals surface area (Å²) in [6.45, 7) is 3.66. The monoisotopic (exact) mass is 264 g/mol. The Hall–Kier alpha value is -0.510. The van der Waals surface area contributed by atoms with Gasteiger partial charge in [-0.25, -0.2) is 8.42 Å². The summed E-state index contributed by atoms with van der Waals surface area (Å²) in [4.78, 5) is 0. The van der Waals surface area contributed by atoms with Crippen molar-refractivity contribution in [1.29, 1.82) is 0 Å². The standard InChI is InChI=1S/C10H10Cl2O2S/c1-8(7-15(12,13)14)6-9-2-4-10(11)5-3-9/h2-5H,1,6-7H2. The molecule has 2 nitrogen and oxygen atoms in total. The van der Waals surface area contributed by atoms with E-state index in [1.807, 2.05) is 12.1 Å². The summed E-state index contributed by atoms with van der Waals surface area (Å²) in [5.74, 6) is -0.197. The van der Waals surface area contributed by atoms with Gasteiger partial charge >= 0.3 is 0 Å². The van der Waals surface area contributed by atoms with E-state index in [0.717, 1.165) is 5.56 Å². The van der Waals surface area contributed by atoms with Crippen LogP contribution >= 0.6 is 22.3 Å². The van der Waals surface area contributed by atoms with Crippen molar-refractivity contribution in [1.82, 2.24) is 0 Å². The highest BCUT2D eigenvalue weighted by atomic mass is 35.7. The number of hydrogen-bond donors (Lipinski definition) is 0. The van der Waals surface area contributed by atoms with E-state index in [0.29, 0.717) is 17.0 Å². The molecule has 0 radical (unpaired) electrons. The van der Waals surface area contributed by atoms with Crippen molar-refractivity contribution < 1.29 is 8.42 Å². The van der Waals surface area contributed by atoms with Crippen molar-refractivity contribution in [3.63, 3.8) is 0 Å². The lowest BCUT2D eigenvalue weighted by molar-refractivity contribution is 0.611. The first-order chi connectivity index (χ1) is 6.87. The van der Waals surface area contributed by atoms with Crippen molar-refractivity contribution in [2.45, 2.75) is 6.42 Å². The van der Waals surface area contributed by atoms with E-state index < -0.39 is 9.05 Å². The first-order valence-corrected chi connectivity index (χ1v) is 7.06. The molecule has 15 heavy (non-hydrogen) atoms. The molecular formula is C10H10Cl2O2S. The molecule has 1 aromatic carbocycles. The number of benzene rings is 1. The van der Waals surface area contributed by atoms with Crippen LogP contribution in [0, 0.1) is 0 Å². The van der Waals surface area contributed by atoms with Crippen LogP contribution in [-0.4, -0.2) is 14.2 Å². The minimum Gasteiger partial charge on any atom is -0.212 e. The van der Waals surface area contributed by atoms with Gasteiger partial charge in [-0.15, -0.1) is 0 Å². The van der Waals surface area contributed by atoms with Gasteiger partial charge in [0.1, 0.15) is 0 Å². The second kappa shape index (κ2) is 5.01. The summed E-state index contributed by atoms with van der Waals surface area (Å²) in [5.41, 5.74) is 1.53. The molecule has 0 heterocycles. The maximum atomic E-state index is 10.8. The van der Waals surface area contributed by atoms with Crippen LogP contribution in [0.3, 0.4) is 0 Å². The van der Waals surface area contributed by atoms with E-state index in [-0.39, 0.29) is 5.75 Å². The van der Waals surface area contributed by atoms with Gasteiger partial charge < -0.3 is 0 Å². The molecule has 1 aromatic rings. The fourth-order valence-electron chi connectivity index (χ4n) is 1.19. The quantitative estimate of drug-likeness (QED) is 0.619. The minimum atomic E-state index is -3.51. The van der Waals surface area contributed by atoms with Crippen molar-refractivity contribution in [3.8, 4) is 0 Å². The highest BCUT2D eigenvalue weighted by molar-refractivity contribution is 8.13. The van der Waals surface area contributed by atoms with Gasteiger partial charge in [0.25, 0.3) is 0 Å². The van der Waals surface area contributed by atoms with Crippen LogP contribution in [0.2, 0.25) is 5.02 Å². The molecular weight excluding hydrogens is 255 g/mol. The van der Waals surface area contributed by atoms with Gasteiger partial charge in [0, 0.05) is 15.7 Å².